The molecule has 0 amide bonds. The number of aryl methyl sites for hydroxylation is 3. The second kappa shape index (κ2) is 6.35. The Hall–Kier alpha value is -2.75. The van der Waals surface area contributed by atoms with Crippen molar-refractivity contribution >= 4 is 17.5 Å². The van der Waals surface area contributed by atoms with E-state index in [0.717, 1.165) is 16.7 Å². The van der Waals surface area contributed by atoms with Crippen LogP contribution in [-0.2, 0) is 0 Å². The summed E-state index contributed by atoms with van der Waals surface area (Å²) in [5.41, 5.74) is 4.44. The number of carbonyl (C=O) groups is 1. The molecule has 0 saturated carbocycles. The standard InChI is InChI=1S/C18H17NO3/c1-12-9-14(3)17(10-13(12)2)18(20)8-7-15-5-4-6-16(11-15)19(21)22/h4-11H,1-3H3/b8-7+. The summed E-state index contributed by atoms with van der Waals surface area (Å²) in [6.07, 6.45) is 3.06. The maximum atomic E-state index is 12.3. The molecule has 0 aliphatic carbocycles. The number of allylic oxidation sites excluding steroid dienone is 1. The van der Waals surface area contributed by atoms with Crippen LogP contribution in [0.3, 0.4) is 0 Å². The molecule has 0 saturated heterocycles. The normalized spacial score (nSPS) is 10.9. The third-order valence-electron chi connectivity index (χ3n) is 3.61. The molecule has 0 aromatic heterocycles. The van der Waals surface area contributed by atoms with Gasteiger partial charge in [0.1, 0.15) is 0 Å². The minimum Gasteiger partial charge on any atom is -0.289 e. The Labute approximate surface area is 129 Å². The molecule has 2 aromatic carbocycles. The maximum Gasteiger partial charge on any atom is 0.270 e. The van der Waals surface area contributed by atoms with Gasteiger partial charge >= 0.3 is 0 Å². The molecule has 2 rings (SSSR count). The van der Waals surface area contributed by atoms with E-state index in [-0.39, 0.29) is 11.5 Å². The van der Waals surface area contributed by atoms with Crippen molar-refractivity contribution in [3.8, 4) is 0 Å². The van der Waals surface area contributed by atoms with E-state index in [1.54, 1.807) is 18.2 Å². The molecular formula is C18H17NO3. The fourth-order valence-corrected chi connectivity index (χ4v) is 2.23. The largest absolute Gasteiger partial charge is 0.289 e. The highest BCUT2D eigenvalue weighted by atomic mass is 16.6. The summed E-state index contributed by atoms with van der Waals surface area (Å²) in [5, 5.41) is 10.7. The van der Waals surface area contributed by atoms with E-state index in [4.69, 9.17) is 0 Å². The number of nitro benzene ring substituents is 1. The third kappa shape index (κ3) is 3.47. The van der Waals surface area contributed by atoms with E-state index in [1.165, 1.54) is 18.2 Å². The summed E-state index contributed by atoms with van der Waals surface area (Å²) in [5.74, 6) is -0.105. The van der Waals surface area contributed by atoms with Crippen LogP contribution in [0.15, 0.2) is 42.5 Å². The average molecular weight is 295 g/mol. The zero-order chi connectivity index (χ0) is 16.3. The fraction of sp³-hybridized carbons (Fsp3) is 0.167. The van der Waals surface area contributed by atoms with Crippen LogP contribution in [0.5, 0.6) is 0 Å². The first kappa shape index (κ1) is 15.6. The molecule has 0 fully saturated rings. The van der Waals surface area contributed by atoms with Crippen LogP contribution < -0.4 is 0 Å². The second-order valence-corrected chi connectivity index (χ2v) is 5.30. The summed E-state index contributed by atoms with van der Waals surface area (Å²) in [7, 11) is 0. The molecule has 0 unspecified atom stereocenters. The number of benzene rings is 2. The van der Waals surface area contributed by atoms with Crippen LogP contribution in [-0.4, -0.2) is 10.7 Å². The summed E-state index contributed by atoms with van der Waals surface area (Å²) in [4.78, 5) is 22.6. The van der Waals surface area contributed by atoms with Crippen LogP contribution in [0.1, 0.15) is 32.6 Å². The molecule has 2 aromatic rings. The Balaban J connectivity index is 2.27. The monoisotopic (exact) mass is 295 g/mol. The van der Waals surface area contributed by atoms with Gasteiger partial charge in [-0.3, -0.25) is 14.9 Å². The van der Waals surface area contributed by atoms with Gasteiger partial charge in [0.15, 0.2) is 5.78 Å². The Bertz CT molecular complexity index is 776. The summed E-state index contributed by atoms with van der Waals surface area (Å²) in [6.45, 7) is 5.88. The minimum absolute atomic E-state index is 0.0111. The predicted molar refractivity (Wildman–Crippen MR) is 87.1 cm³/mol. The van der Waals surface area contributed by atoms with Crippen molar-refractivity contribution in [3.63, 3.8) is 0 Å². The van der Waals surface area contributed by atoms with Gasteiger partial charge in [0.25, 0.3) is 5.69 Å². The molecule has 0 heterocycles. The number of non-ortho nitro benzene ring substituents is 1. The Kier molecular flexibility index (Phi) is 4.51. The summed E-state index contributed by atoms with van der Waals surface area (Å²) < 4.78 is 0. The Morgan fingerprint density at radius 1 is 1.05 bits per heavy atom. The quantitative estimate of drug-likeness (QED) is 0.363. The van der Waals surface area contributed by atoms with Crippen molar-refractivity contribution in [1.82, 2.24) is 0 Å². The SMILES string of the molecule is Cc1cc(C)c(C(=O)/C=C/c2cccc([N+](=O)[O-])c2)cc1C. The average Bonchev–Trinajstić information content (AvgIpc) is 2.48. The Morgan fingerprint density at radius 2 is 1.73 bits per heavy atom. The van der Waals surface area contributed by atoms with E-state index in [2.05, 4.69) is 0 Å². The molecule has 0 N–H and O–H groups in total. The molecule has 0 aliphatic heterocycles. The molecule has 4 nitrogen and oxygen atoms in total. The zero-order valence-electron chi connectivity index (χ0n) is 12.8. The molecule has 0 atom stereocenters. The van der Waals surface area contributed by atoms with Gasteiger partial charge in [-0.2, -0.15) is 0 Å². The summed E-state index contributed by atoms with van der Waals surface area (Å²) in [6, 6.07) is 10.1. The number of rotatable bonds is 4. The lowest BCUT2D eigenvalue weighted by molar-refractivity contribution is -0.384. The molecule has 4 heteroatoms. The van der Waals surface area contributed by atoms with E-state index in [1.807, 2.05) is 32.9 Å². The number of hydrogen-bond donors (Lipinski definition) is 0. The number of hydrogen-bond acceptors (Lipinski definition) is 3. The molecule has 0 bridgehead atoms. The van der Waals surface area contributed by atoms with Gasteiger partial charge in [0.05, 0.1) is 4.92 Å². The second-order valence-electron chi connectivity index (χ2n) is 5.30. The first-order valence-corrected chi connectivity index (χ1v) is 6.93. The van der Waals surface area contributed by atoms with Crippen molar-refractivity contribution in [2.75, 3.05) is 0 Å². The van der Waals surface area contributed by atoms with Crippen molar-refractivity contribution in [3.05, 3.63) is 80.4 Å². The molecule has 0 spiro atoms. The fourth-order valence-electron chi connectivity index (χ4n) is 2.23. The minimum atomic E-state index is -0.452. The summed E-state index contributed by atoms with van der Waals surface area (Å²) >= 11 is 0. The molecule has 22 heavy (non-hydrogen) atoms. The maximum absolute atomic E-state index is 12.3. The molecular weight excluding hydrogens is 278 g/mol. The number of ketones is 1. The highest BCUT2D eigenvalue weighted by Gasteiger charge is 2.08. The third-order valence-corrected chi connectivity index (χ3v) is 3.61. The highest BCUT2D eigenvalue weighted by molar-refractivity contribution is 6.08. The van der Waals surface area contributed by atoms with Gasteiger partial charge in [-0.1, -0.05) is 24.3 Å². The van der Waals surface area contributed by atoms with Gasteiger partial charge in [-0.25, -0.2) is 0 Å². The van der Waals surface area contributed by atoms with Crippen molar-refractivity contribution < 1.29 is 9.72 Å². The van der Waals surface area contributed by atoms with E-state index in [9.17, 15) is 14.9 Å². The lowest BCUT2D eigenvalue weighted by atomic mass is 9.97. The van der Waals surface area contributed by atoms with Crippen LogP contribution in [0.2, 0.25) is 0 Å². The van der Waals surface area contributed by atoms with Crippen LogP contribution in [0.4, 0.5) is 5.69 Å². The zero-order valence-corrected chi connectivity index (χ0v) is 12.8. The van der Waals surface area contributed by atoms with Crippen molar-refractivity contribution in [1.29, 1.82) is 0 Å². The predicted octanol–water partition coefficient (Wildman–Crippen LogP) is 4.42. The van der Waals surface area contributed by atoms with Gasteiger partial charge in [-0.05, 0) is 55.2 Å². The Morgan fingerprint density at radius 3 is 2.41 bits per heavy atom. The van der Waals surface area contributed by atoms with Gasteiger partial charge in [0, 0.05) is 17.7 Å². The van der Waals surface area contributed by atoms with Crippen LogP contribution >= 0.6 is 0 Å². The van der Waals surface area contributed by atoms with E-state index >= 15 is 0 Å². The highest BCUT2D eigenvalue weighted by Crippen LogP contribution is 2.18. The van der Waals surface area contributed by atoms with Crippen LogP contribution in [0, 0.1) is 30.9 Å². The number of carbonyl (C=O) groups excluding carboxylic acids is 1. The van der Waals surface area contributed by atoms with Gasteiger partial charge in [0.2, 0.25) is 0 Å². The number of nitro groups is 1. The van der Waals surface area contributed by atoms with Crippen molar-refractivity contribution in [2.45, 2.75) is 20.8 Å². The van der Waals surface area contributed by atoms with Gasteiger partial charge in [-0.15, -0.1) is 0 Å². The molecule has 0 radical (unpaired) electrons. The van der Waals surface area contributed by atoms with Crippen molar-refractivity contribution in [2.24, 2.45) is 0 Å². The van der Waals surface area contributed by atoms with Crippen LogP contribution in [0.25, 0.3) is 6.08 Å². The lowest BCUT2D eigenvalue weighted by Gasteiger charge is -2.06. The topological polar surface area (TPSA) is 60.2 Å². The first-order valence-electron chi connectivity index (χ1n) is 6.93. The molecule has 0 aliphatic rings. The molecule has 112 valence electrons. The van der Waals surface area contributed by atoms with Gasteiger partial charge < -0.3 is 0 Å². The lowest BCUT2D eigenvalue weighted by Crippen LogP contribution is -2.00. The smallest absolute Gasteiger partial charge is 0.270 e. The van der Waals surface area contributed by atoms with E-state index in [0.29, 0.717) is 11.1 Å². The first-order chi connectivity index (χ1) is 10.4. The number of nitrogens with zero attached hydrogens (tertiary/aromatic N) is 1. The van der Waals surface area contributed by atoms with E-state index < -0.39 is 4.92 Å².